The highest BCUT2D eigenvalue weighted by Gasteiger charge is 2.25. The maximum Gasteiger partial charge on any atom is 0.233 e. The van der Waals surface area contributed by atoms with Crippen LogP contribution in [0.1, 0.15) is 20.3 Å². The van der Waals surface area contributed by atoms with E-state index in [4.69, 9.17) is 5.73 Å². The second-order valence-corrected chi connectivity index (χ2v) is 7.90. The van der Waals surface area contributed by atoms with Crippen LogP contribution in [0.3, 0.4) is 0 Å². The van der Waals surface area contributed by atoms with Crippen molar-refractivity contribution in [3.63, 3.8) is 0 Å². The largest absolute Gasteiger partial charge is 0.383 e. The van der Waals surface area contributed by atoms with Crippen LogP contribution in [-0.2, 0) is 4.79 Å². The number of thiophene rings is 1. The molecule has 118 valence electrons. The Hall–Kier alpha value is -1.34. The van der Waals surface area contributed by atoms with Crippen molar-refractivity contribution in [2.75, 3.05) is 24.6 Å². The summed E-state index contributed by atoms with van der Waals surface area (Å²) < 4.78 is 0. The molecule has 2 N–H and O–H groups in total. The van der Waals surface area contributed by atoms with Crippen LogP contribution in [0, 0.1) is 11.8 Å². The van der Waals surface area contributed by atoms with Gasteiger partial charge in [-0.3, -0.25) is 4.79 Å². The van der Waals surface area contributed by atoms with Crippen LogP contribution in [-0.4, -0.2) is 39.6 Å². The molecule has 0 bridgehead atoms. The highest BCUT2D eigenvalue weighted by Crippen LogP contribution is 2.27. The lowest BCUT2D eigenvalue weighted by Crippen LogP contribution is -2.43. The highest BCUT2D eigenvalue weighted by atomic mass is 32.2. The summed E-state index contributed by atoms with van der Waals surface area (Å²) in [6.07, 6.45) is 1.20. The van der Waals surface area contributed by atoms with E-state index in [1.165, 1.54) is 29.5 Å². The van der Waals surface area contributed by atoms with E-state index in [-0.39, 0.29) is 5.91 Å². The van der Waals surface area contributed by atoms with E-state index in [0.29, 0.717) is 28.6 Å². The van der Waals surface area contributed by atoms with Gasteiger partial charge in [-0.05, 0) is 29.7 Å². The quantitative estimate of drug-likeness (QED) is 0.689. The number of hydrogen-bond donors (Lipinski definition) is 1. The third-order valence-electron chi connectivity index (χ3n) is 3.88. The number of anilines is 1. The number of hydrogen-bond acceptors (Lipinski definition) is 6. The van der Waals surface area contributed by atoms with Gasteiger partial charge in [0.05, 0.1) is 11.1 Å². The monoisotopic (exact) mass is 336 g/mol. The van der Waals surface area contributed by atoms with Gasteiger partial charge >= 0.3 is 0 Å². The van der Waals surface area contributed by atoms with E-state index < -0.39 is 0 Å². The number of fused-ring (bicyclic) bond motifs is 1. The molecule has 7 heteroatoms. The Morgan fingerprint density at radius 2 is 2.14 bits per heavy atom. The lowest BCUT2D eigenvalue weighted by molar-refractivity contribution is -0.130. The molecule has 1 fully saturated rings. The van der Waals surface area contributed by atoms with Crippen LogP contribution in [0.5, 0.6) is 0 Å². The van der Waals surface area contributed by atoms with E-state index in [2.05, 4.69) is 23.8 Å². The molecule has 0 aromatic carbocycles. The Labute approximate surface area is 138 Å². The Morgan fingerprint density at radius 3 is 2.86 bits per heavy atom. The van der Waals surface area contributed by atoms with Crippen LogP contribution < -0.4 is 5.73 Å². The molecule has 3 rings (SSSR count). The molecule has 1 amide bonds. The third-order valence-corrected chi connectivity index (χ3v) is 5.52. The number of aromatic nitrogens is 2. The zero-order chi connectivity index (χ0) is 15.7. The van der Waals surface area contributed by atoms with Gasteiger partial charge < -0.3 is 10.6 Å². The van der Waals surface area contributed by atoms with Gasteiger partial charge in [0.2, 0.25) is 5.91 Å². The molecule has 2 atom stereocenters. The number of nitrogens with two attached hydrogens (primary N) is 1. The van der Waals surface area contributed by atoms with Crippen molar-refractivity contribution in [2.24, 2.45) is 11.8 Å². The summed E-state index contributed by atoms with van der Waals surface area (Å²) in [7, 11) is 0. The fourth-order valence-corrected chi connectivity index (χ4v) is 4.59. The fourth-order valence-electron chi connectivity index (χ4n) is 3.01. The van der Waals surface area contributed by atoms with Crippen molar-refractivity contribution < 1.29 is 4.79 Å². The first-order valence-corrected chi connectivity index (χ1v) is 9.30. The molecule has 5 nitrogen and oxygen atoms in total. The van der Waals surface area contributed by atoms with Gasteiger partial charge in [0.25, 0.3) is 0 Å². The lowest BCUT2D eigenvalue weighted by Gasteiger charge is -2.34. The van der Waals surface area contributed by atoms with Gasteiger partial charge in [0.15, 0.2) is 5.16 Å². The number of thioether (sulfide) groups is 1. The second kappa shape index (κ2) is 6.42. The van der Waals surface area contributed by atoms with Gasteiger partial charge in [0, 0.05) is 13.1 Å². The summed E-state index contributed by atoms with van der Waals surface area (Å²) in [5, 5.41) is 3.42. The first kappa shape index (κ1) is 15.6. The average Bonchev–Trinajstić information content (AvgIpc) is 2.92. The summed E-state index contributed by atoms with van der Waals surface area (Å²) in [5.74, 6) is 2.17. The molecule has 1 aliphatic heterocycles. The van der Waals surface area contributed by atoms with Gasteiger partial charge in [-0.15, -0.1) is 11.3 Å². The first-order valence-electron chi connectivity index (χ1n) is 7.44. The minimum atomic E-state index is 0.164. The third kappa shape index (κ3) is 3.35. The molecular weight excluding hydrogens is 316 g/mol. The molecule has 22 heavy (non-hydrogen) atoms. The maximum atomic E-state index is 12.4. The number of amides is 1. The van der Waals surface area contributed by atoms with Crippen LogP contribution in [0.2, 0.25) is 0 Å². The normalized spacial score (nSPS) is 22.2. The summed E-state index contributed by atoms with van der Waals surface area (Å²) in [6, 6.07) is 1.92. The standard InChI is InChI=1S/C15H20N4OS2/c1-9-5-10(2)7-19(6-9)12(20)8-22-15-17-13(16)11-3-4-21-14(11)18-15/h3-4,9-10H,5-8H2,1-2H3,(H2,16,17,18)/t9-,10-/m0/s1. The summed E-state index contributed by atoms with van der Waals surface area (Å²) in [4.78, 5) is 24.0. The molecule has 0 saturated carbocycles. The Balaban J connectivity index is 1.64. The van der Waals surface area contributed by atoms with Crippen molar-refractivity contribution in [1.29, 1.82) is 0 Å². The Morgan fingerprint density at radius 1 is 1.41 bits per heavy atom. The van der Waals surface area contributed by atoms with Crippen LogP contribution in [0.4, 0.5) is 5.82 Å². The predicted octanol–water partition coefficient (Wildman–Crippen LogP) is 2.87. The topological polar surface area (TPSA) is 72.1 Å². The molecule has 3 heterocycles. The molecule has 0 unspecified atom stereocenters. The number of likely N-dealkylation sites (tertiary alicyclic amines) is 1. The molecule has 2 aromatic heterocycles. The zero-order valence-electron chi connectivity index (χ0n) is 12.8. The number of piperidine rings is 1. The van der Waals surface area contributed by atoms with Gasteiger partial charge in [0.1, 0.15) is 10.6 Å². The molecular formula is C15H20N4OS2. The van der Waals surface area contributed by atoms with Crippen molar-refractivity contribution in [3.05, 3.63) is 11.4 Å². The van der Waals surface area contributed by atoms with Crippen molar-refractivity contribution in [2.45, 2.75) is 25.4 Å². The van der Waals surface area contributed by atoms with Crippen molar-refractivity contribution in [3.8, 4) is 0 Å². The predicted molar refractivity (Wildman–Crippen MR) is 92.1 cm³/mol. The number of nitrogens with zero attached hydrogens (tertiary/aromatic N) is 3. The summed E-state index contributed by atoms with van der Waals surface area (Å²) >= 11 is 2.91. The minimum Gasteiger partial charge on any atom is -0.383 e. The van der Waals surface area contributed by atoms with Gasteiger partial charge in [-0.1, -0.05) is 25.6 Å². The summed E-state index contributed by atoms with van der Waals surface area (Å²) in [5.41, 5.74) is 5.93. The number of carbonyl (C=O) groups excluding carboxylic acids is 1. The van der Waals surface area contributed by atoms with Crippen molar-refractivity contribution >= 4 is 45.0 Å². The van der Waals surface area contributed by atoms with Crippen LogP contribution in [0.25, 0.3) is 10.2 Å². The smallest absolute Gasteiger partial charge is 0.233 e. The Bertz CT molecular complexity index is 677. The van der Waals surface area contributed by atoms with E-state index in [1.807, 2.05) is 16.3 Å². The van der Waals surface area contributed by atoms with Crippen LogP contribution in [0.15, 0.2) is 16.6 Å². The Kier molecular flexibility index (Phi) is 4.54. The van der Waals surface area contributed by atoms with Crippen molar-refractivity contribution in [1.82, 2.24) is 14.9 Å². The number of carbonyl (C=O) groups is 1. The molecule has 0 radical (unpaired) electrons. The first-order chi connectivity index (χ1) is 10.5. The molecule has 1 saturated heterocycles. The summed E-state index contributed by atoms with van der Waals surface area (Å²) in [6.45, 7) is 6.13. The van der Waals surface area contributed by atoms with Crippen LogP contribution >= 0.6 is 23.1 Å². The SMILES string of the molecule is C[C@H]1C[C@H](C)CN(C(=O)CSc2nc(N)c3ccsc3n2)C1. The van der Waals surface area contributed by atoms with Gasteiger partial charge in [-0.2, -0.15) is 0 Å². The molecule has 0 spiro atoms. The minimum absolute atomic E-state index is 0.164. The second-order valence-electron chi connectivity index (χ2n) is 6.06. The number of rotatable bonds is 3. The highest BCUT2D eigenvalue weighted by molar-refractivity contribution is 7.99. The number of nitrogen functional groups attached to an aromatic ring is 1. The maximum absolute atomic E-state index is 12.4. The van der Waals surface area contributed by atoms with E-state index in [9.17, 15) is 4.79 Å². The molecule has 2 aromatic rings. The van der Waals surface area contributed by atoms with E-state index in [1.54, 1.807) is 0 Å². The zero-order valence-corrected chi connectivity index (χ0v) is 14.4. The van der Waals surface area contributed by atoms with Gasteiger partial charge in [-0.25, -0.2) is 9.97 Å². The van der Waals surface area contributed by atoms with E-state index >= 15 is 0 Å². The van der Waals surface area contributed by atoms with E-state index in [0.717, 1.165) is 23.3 Å². The fraction of sp³-hybridized carbons (Fsp3) is 0.533. The average molecular weight is 336 g/mol. The molecule has 1 aliphatic rings. The lowest BCUT2D eigenvalue weighted by atomic mass is 9.92. The molecule has 0 aliphatic carbocycles.